The van der Waals surface area contributed by atoms with Crippen molar-refractivity contribution in [1.29, 1.82) is 0 Å². The first-order valence-electron chi connectivity index (χ1n) is 16.4. The van der Waals surface area contributed by atoms with Crippen LogP contribution in [0.5, 0.6) is 0 Å². The summed E-state index contributed by atoms with van der Waals surface area (Å²) in [6, 6.07) is 0. The molecule has 2 aromatic heterocycles. The van der Waals surface area contributed by atoms with Crippen LogP contribution in [0, 0.1) is 19.8 Å². The van der Waals surface area contributed by atoms with E-state index in [-0.39, 0.29) is 49.2 Å². The van der Waals surface area contributed by atoms with E-state index in [0.717, 1.165) is 4.57 Å². The van der Waals surface area contributed by atoms with Crippen molar-refractivity contribution < 1.29 is 51.7 Å². The summed E-state index contributed by atoms with van der Waals surface area (Å²) in [6.45, 7) is 2.65. The second kappa shape index (κ2) is 17.9. The molecular weight excluding hydrogens is 731 g/mol. The van der Waals surface area contributed by atoms with Crippen LogP contribution < -0.4 is 22.5 Å². The molecule has 3 unspecified atom stereocenters. The van der Waals surface area contributed by atoms with Crippen molar-refractivity contribution in [2.45, 2.75) is 97.2 Å². The summed E-state index contributed by atoms with van der Waals surface area (Å²) >= 11 is 0.554. The number of nitrogens with one attached hydrogen (secondary N) is 2. The first kappa shape index (κ1) is 41.1. The summed E-state index contributed by atoms with van der Waals surface area (Å²) in [7, 11) is 1.40. The summed E-state index contributed by atoms with van der Waals surface area (Å²) < 4.78 is 56.9. The number of carbonyl (C=O) groups excluding carboxylic acids is 3. The molecule has 2 aliphatic rings. The van der Waals surface area contributed by atoms with Gasteiger partial charge in [0, 0.05) is 61.3 Å². The summed E-state index contributed by atoms with van der Waals surface area (Å²) in [5, 5.41) is 0. The molecule has 4 rings (SSSR count). The van der Waals surface area contributed by atoms with Crippen LogP contribution in [0.2, 0.25) is 0 Å². The van der Waals surface area contributed by atoms with Gasteiger partial charge in [0.1, 0.15) is 48.6 Å². The molecule has 0 amide bonds. The van der Waals surface area contributed by atoms with Crippen LogP contribution in [0.3, 0.4) is 0 Å². The van der Waals surface area contributed by atoms with Crippen molar-refractivity contribution in [2.75, 3.05) is 26.3 Å². The largest absolute Gasteiger partial charge is 0.459 e. The lowest BCUT2D eigenvalue weighted by molar-refractivity contribution is -0.153. The summed E-state index contributed by atoms with van der Waals surface area (Å²) in [5.74, 6) is -2.46. The van der Waals surface area contributed by atoms with Gasteiger partial charge in [-0.2, -0.15) is 0 Å². The highest BCUT2D eigenvalue weighted by Crippen LogP contribution is 2.63. The molecule has 0 spiro atoms. The number of carbonyl (C=O) groups is 3. The minimum absolute atomic E-state index is 0.0357. The Balaban J connectivity index is 1.59. The quantitative estimate of drug-likeness (QED) is 0.132. The molecule has 2 aliphatic heterocycles. The fourth-order valence-electron chi connectivity index (χ4n) is 5.29. The number of aromatic amines is 2. The molecule has 21 heteroatoms. The van der Waals surface area contributed by atoms with E-state index in [1.165, 1.54) is 44.8 Å². The maximum atomic E-state index is 14.4. The molecule has 0 radical (unpaired) electrons. The highest BCUT2D eigenvalue weighted by molar-refractivity contribution is 8.55. The zero-order valence-electron chi connectivity index (χ0n) is 29.5. The van der Waals surface area contributed by atoms with E-state index in [2.05, 4.69) is 9.97 Å². The van der Waals surface area contributed by atoms with Gasteiger partial charge in [0.05, 0.1) is 25.6 Å². The number of methoxy groups -OCH3 is 1. The van der Waals surface area contributed by atoms with Crippen LogP contribution in [-0.4, -0.2) is 87.5 Å². The van der Waals surface area contributed by atoms with Gasteiger partial charge in [-0.1, -0.05) is 13.8 Å². The molecule has 0 aliphatic carbocycles. The Bertz CT molecular complexity index is 1910. The second-order valence-electron chi connectivity index (χ2n) is 12.6. The lowest BCUT2D eigenvalue weighted by Crippen LogP contribution is -2.33. The zero-order valence-corrected chi connectivity index (χ0v) is 31.2. The minimum atomic E-state index is -4.34. The normalized spacial score (nSPS) is 24.1. The Morgan fingerprint density at radius 3 is 1.96 bits per heavy atom. The van der Waals surface area contributed by atoms with Crippen LogP contribution in [-0.2, 0) is 51.7 Å². The van der Waals surface area contributed by atoms with Gasteiger partial charge in [0.25, 0.3) is 11.1 Å². The fraction of sp³-hybridized carbons (Fsp3) is 0.645. The van der Waals surface area contributed by atoms with Crippen molar-refractivity contribution in [3.05, 3.63) is 65.2 Å². The summed E-state index contributed by atoms with van der Waals surface area (Å²) in [5.41, 5.74) is -2.21. The van der Waals surface area contributed by atoms with Crippen molar-refractivity contribution in [3.63, 3.8) is 0 Å². The van der Waals surface area contributed by atoms with Gasteiger partial charge < -0.3 is 28.5 Å². The van der Waals surface area contributed by atoms with E-state index in [0.29, 0.717) is 11.4 Å². The number of hydrogen-bond acceptors (Lipinski definition) is 16. The molecule has 4 heterocycles. The van der Waals surface area contributed by atoms with Gasteiger partial charge in [0.15, 0.2) is 0 Å². The summed E-state index contributed by atoms with van der Waals surface area (Å²) in [6.07, 6.45) is -3.85. The Morgan fingerprint density at radius 2 is 1.44 bits per heavy atom. The number of hydrogen-bond donors (Lipinski definition) is 2. The predicted octanol–water partition coefficient (Wildman–Crippen LogP) is 1.61. The fourth-order valence-corrected chi connectivity index (χ4v) is 8.13. The lowest BCUT2D eigenvalue weighted by Gasteiger charge is -2.26. The minimum Gasteiger partial charge on any atom is -0.459 e. The molecule has 2 saturated heterocycles. The van der Waals surface area contributed by atoms with Crippen molar-refractivity contribution in [1.82, 2.24) is 19.1 Å². The van der Waals surface area contributed by atoms with E-state index in [9.17, 15) is 38.1 Å². The molecule has 0 aromatic carbocycles. The van der Waals surface area contributed by atoms with E-state index in [4.69, 9.17) is 32.7 Å². The van der Waals surface area contributed by atoms with E-state index >= 15 is 0 Å². The molecule has 19 nitrogen and oxygen atoms in total. The van der Waals surface area contributed by atoms with Crippen LogP contribution in [0.1, 0.15) is 70.0 Å². The number of aromatic nitrogens is 4. The maximum Gasteiger partial charge on any atom is 0.392 e. The molecular formula is C31H43N4O15PS. The van der Waals surface area contributed by atoms with Crippen LogP contribution >= 0.6 is 18.2 Å². The van der Waals surface area contributed by atoms with Crippen molar-refractivity contribution in [3.8, 4) is 0 Å². The van der Waals surface area contributed by atoms with Gasteiger partial charge in [-0.3, -0.25) is 47.3 Å². The first-order valence-corrected chi connectivity index (χ1v) is 19.5. The average molecular weight is 775 g/mol. The standard InChI is InChI=1S/C31H43N4O15PS/c1-16(2)29(40)45-15-52-51(43,50-21-10-25(47-22(21)13-44-6)35-12-18(4)28(39)33-31(35)42)46-14-23-20(49-26(37)8-7-19(5)36)9-24(48-23)34-11-17(3)27(38)32-30(34)41/h11-12,16,20-25H,7-10,13-15H2,1-6H3,(H,32,38,41)(H,33,39,42)/t20-,21-,22-,23-,24?,25?,51?/m1/s1. The highest BCUT2D eigenvalue weighted by Gasteiger charge is 2.45. The van der Waals surface area contributed by atoms with Crippen molar-refractivity contribution in [2.24, 2.45) is 5.92 Å². The smallest absolute Gasteiger partial charge is 0.392 e. The number of nitrogens with zero attached hydrogens (tertiary/aromatic N) is 2. The van der Waals surface area contributed by atoms with Crippen LogP contribution in [0.15, 0.2) is 31.6 Å². The second-order valence-corrected chi connectivity index (χ2v) is 16.6. The average Bonchev–Trinajstić information content (AvgIpc) is 3.65. The number of H-pyrrole nitrogens is 2. The van der Waals surface area contributed by atoms with Gasteiger partial charge in [-0.25, -0.2) is 14.2 Å². The van der Waals surface area contributed by atoms with E-state index < -0.39 is 96.6 Å². The van der Waals surface area contributed by atoms with Crippen LogP contribution in [0.4, 0.5) is 0 Å². The first-order chi connectivity index (χ1) is 24.5. The monoisotopic (exact) mass is 774 g/mol. The number of rotatable bonds is 17. The molecule has 0 saturated carbocycles. The van der Waals surface area contributed by atoms with Gasteiger partial charge >= 0.3 is 30.1 Å². The Kier molecular flexibility index (Phi) is 14.2. The molecule has 2 fully saturated rings. The van der Waals surface area contributed by atoms with Gasteiger partial charge in [-0.15, -0.1) is 0 Å². The number of Topliss-reactive ketones (excluding diaryl/α,β-unsaturated/α-hetero) is 1. The number of aryl methyl sites for hydroxylation is 2. The Morgan fingerprint density at radius 1 is 0.904 bits per heavy atom. The zero-order chi connectivity index (χ0) is 38.3. The van der Waals surface area contributed by atoms with E-state index in [1.807, 2.05) is 0 Å². The number of esters is 2. The SMILES string of the molecule is COC[C@H]1OC(n2cc(C)c(=O)[nH]c2=O)C[C@H]1OP(=O)(OC[C@H]1OC(n2cc(C)c(=O)[nH]c2=O)C[C@H]1OC(=O)CCC(C)=O)SCOC(=O)C(C)C. The number of ketones is 1. The van der Waals surface area contributed by atoms with Crippen LogP contribution in [0.25, 0.3) is 0 Å². The highest BCUT2D eigenvalue weighted by atomic mass is 32.7. The number of ether oxygens (including phenoxy) is 5. The van der Waals surface area contributed by atoms with Gasteiger partial charge in [0.2, 0.25) is 0 Å². The molecule has 0 bridgehead atoms. The molecule has 2 N–H and O–H groups in total. The lowest BCUT2D eigenvalue weighted by atomic mass is 10.1. The maximum absolute atomic E-state index is 14.4. The molecule has 52 heavy (non-hydrogen) atoms. The Labute approximate surface area is 300 Å². The summed E-state index contributed by atoms with van der Waals surface area (Å²) in [4.78, 5) is 90.0. The predicted molar refractivity (Wildman–Crippen MR) is 183 cm³/mol. The topological polar surface area (TPSA) is 243 Å². The van der Waals surface area contributed by atoms with E-state index in [1.54, 1.807) is 13.8 Å². The third kappa shape index (κ3) is 10.7. The molecule has 2 aromatic rings. The van der Waals surface area contributed by atoms with Crippen molar-refractivity contribution >= 4 is 35.9 Å². The van der Waals surface area contributed by atoms with Gasteiger partial charge in [-0.05, 0) is 20.8 Å². The molecule has 7 atom stereocenters. The third-order valence-corrected chi connectivity index (χ3v) is 11.5. The molecule has 288 valence electrons. The third-order valence-electron chi connectivity index (χ3n) is 8.11. The Hall–Kier alpha value is -3.65.